The first-order valence-corrected chi connectivity index (χ1v) is 9.87. The van der Waals surface area contributed by atoms with Gasteiger partial charge in [-0.2, -0.15) is 5.26 Å². The van der Waals surface area contributed by atoms with Crippen molar-refractivity contribution in [1.29, 1.82) is 5.26 Å². The summed E-state index contributed by atoms with van der Waals surface area (Å²) in [5, 5.41) is 11.7. The largest absolute Gasteiger partial charge is 0.322 e. The van der Waals surface area contributed by atoms with Crippen molar-refractivity contribution < 1.29 is 13.2 Å². The molecule has 0 spiro atoms. The molecule has 0 aliphatic carbocycles. The molecule has 0 aliphatic heterocycles. The van der Waals surface area contributed by atoms with Gasteiger partial charge in [-0.15, -0.1) is 0 Å². The summed E-state index contributed by atoms with van der Waals surface area (Å²) in [5.41, 5.74) is 2.67. The number of sulfonamides is 1. The summed E-state index contributed by atoms with van der Waals surface area (Å²) in [5.74, 6) is -0.329. The van der Waals surface area contributed by atoms with Gasteiger partial charge in [0, 0.05) is 11.3 Å². The van der Waals surface area contributed by atoms with E-state index in [0.29, 0.717) is 22.5 Å². The van der Waals surface area contributed by atoms with Crippen LogP contribution in [0.4, 0.5) is 11.4 Å². The molecule has 0 aliphatic rings. The van der Waals surface area contributed by atoms with Gasteiger partial charge in [0.05, 0.1) is 22.2 Å². The van der Waals surface area contributed by atoms with E-state index in [1.54, 1.807) is 24.3 Å². The van der Waals surface area contributed by atoms with Crippen LogP contribution in [0.2, 0.25) is 0 Å². The van der Waals surface area contributed by atoms with Crippen LogP contribution in [0.15, 0.2) is 77.7 Å². The molecule has 0 bridgehead atoms. The second kappa shape index (κ2) is 7.94. The summed E-state index contributed by atoms with van der Waals surface area (Å²) in [6.07, 6.45) is 0. The number of amides is 1. The molecule has 7 heteroatoms. The Hall–Kier alpha value is -3.63. The van der Waals surface area contributed by atoms with Crippen LogP contribution >= 0.6 is 0 Å². The highest BCUT2D eigenvalue weighted by Gasteiger charge is 2.15. The number of hydrogen-bond acceptors (Lipinski definition) is 4. The zero-order valence-corrected chi connectivity index (χ0v) is 15.8. The molecule has 2 N–H and O–H groups in total. The van der Waals surface area contributed by atoms with Crippen LogP contribution in [0, 0.1) is 18.3 Å². The summed E-state index contributed by atoms with van der Waals surface area (Å²) >= 11 is 0. The van der Waals surface area contributed by atoms with Gasteiger partial charge in [0.25, 0.3) is 15.9 Å². The molecule has 0 saturated carbocycles. The summed E-state index contributed by atoms with van der Waals surface area (Å²) in [6, 6.07) is 21.2. The van der Waals surface area contributed by atoms with Crippen LogP contribution in [0.1, 0.15) is 21.5 Å². The number of nitriles is 1. The van der Waals surface area contributed by atoms with Crippen molar-refractivity contribution in [2.24, 2.45) is 0 Å². The smallest absolute Gasteiger partial charge is 0.261 e. The van der Waals surface area contributed by atoms with Gasteiger partial charge in [0.2, 0.25) is 0 Å². The maximum Gasteiger partial charge on any atom is 0.261 e. The summed E-state index contributed by atoms with van der Waals surface area (Å²) in [4.78, 5) is 12.4. The van der Waals surface area contributed by atoms with Crippen molar-refractivity contribution in [2.45, 2.75) is 11.8 Å². The van der Waals surface area contributed by atoms with Crippen LogP contribution in [0.3, 0.4) is 0 Å². The van der Waals surface area contributed by atoms with E-state index < -0.39 is 10.0 Å². The van der Waals surface area contributed by atoms with Gasteiger partial charge in [-0.1, -0.05) is 18.2 Å². The van der Waals surface area contributed by atoms with E-state index in [-0.39, 0.29) is 10.8 Å². The Morgan fingerprint density at radius 3 is 2.29 bits per heavy atom. The molecule has 0 atom stereocenters. The third-order valence-electron chi connectivity index (χ3n) is 3.95. The van der Waals surface area contributed by atoms with Crippen molar-refractivity contribution in [3.63, 3.8) is 0 Å². The minimum atomic E-state index is -3.84. The first kappa shape index (κ1) is 19.1. The summed E-state index contributed by atoms with van der Waals surface area (Å²) in [6.45, 7) is 1.93. The Labute approximate surface area is 163 Å². The molecule has 0 aromatic heterocycles. The van der Waals surface area contributed by atoms with E-state index >= 15 is 0 Å². The van der Waals surface area contributed by atoms with E-state index in [2.05, 4.69) is 10.0 Å². The molecule has 0 unspecified atom stereocenters. The molecule has 6 nitrogen and oxygen atoms in total. The lowest BCUT2D eigenvalue weighted by atomic mass is 10.2. The predicted molar refractivity (Wildman–Crippen MR) is 108 cm³/mol. The Kier molecular flexibility index (Phi) is 5.43. The molecular weight excluding hydrogens is 374 g/mol. The standard InChI is InChI=1S/C21H17N3O3S/c1-15-4-2-6-18(12-15)23-21(25)17-8-10-20(11-9-17)28(26,27)24-19-7-3-5-16(13-19)14-22/h2-13,24H,1H3,(H,23,25). The quantitative estimate of drug-likeness (QED) is 0.688. The van der Waals surface area contributed by atoms with Gasteiger partial charge in [-0.25, -0.2) is 8.42 Å². The number of benzene rings is 3. The highest BCUT2D eigenvalue weighted by molar-refractivity contribution is 7.92. The minimum absolute atomic E-state index is 0.0157. The predicted octanol–water partition coefficient (Wildman–Crippen LogP) is 3.92. The Bertz CT molecular complexity index is 1160. The highest BCUT2D eigenvalue weighted by atomic mass is 32.2. The van der Waals surface area contributed by atoms with Crippen LogP contribution in [-0.2, 0) is 10.0 Å². The van der Waals surface area contributed by atoms with Crippen LogP contribution in [-0.4, -0.2) is 14.3 Å². The van der Waals surface area contributed by atoms with Crippen LogP contribution < -0.4 is 10.0 Å². The van der Waals surface area contributed by atoms with E-state index in [0.717, 1.165) is 5.56 Å². The number of aryl methyl sites for hydroxylation is 1. The highest BCUT2D eigenvalue weighted by Crippen LogP contribution is 2.18. The lowest BCUT2D eigenvalue weighted by Gasteiger charge is -2.10. The first-order chi connectivity index (χ1) is 13.4. The number of nitrogens with one attached hydrogen (secondary N) is 2. The van der Waals surface area contributed by atoms with Crippen LogP contribution in [0.25, 0.3) is 0 Å². The second-order valence-corrected chi connectivity index (χ2v) is 7.83. The van der Waals surface area contributed by atoms with Crippen molar-refractivity contribution in [3.8, 4) is 6.07 Å². The first-order valence-electron chi connectivity index (χ1n) is 8.38. The van der Waals surface area contributed by atoms with E-state index in [4.69, 9.17) is 5.26 Å². The average Bonchev–Trinajstić information content (AvgIpc) is 2.68. The van der Waals surface area contributed by atoms with Gasteiger partial charge in [-0.05, 0) is 67.1 Å². The zero-order valence-electron chi connectivity index (χ0n) is 15.0. The maximum absolute atomic E-state index is 12.5. The fraction of sp³-hybridized carbons (Fsp3) is 0.0476. The molecular formula is C21H17N3O3S. The molecule has 0 radical (unpaired) electrons. The lowest BCUT2D eigenvalue weighted by Crippen LogP contribution is -2.15. The normalized spacial score (nSPS) is 10.7. The minimum Gasteiger partial charge on any atom is -0.322 e. The fourth-order valence-electron chi connectivity index (χ4n) is 2.58. The van der Waals surface area contributed by atoms with E-state index in [1.165, 1.54) is 30.3 Å². The summed E-state index contributed by atoms with van der Waals surface area (Å²) < 4.78 is 27.5. The average molecular weight is 391 g/mol. The van der Waals surface area contributed by atoms with Gasteiger partial charge < -0.3 is 5.32 Å². The van der Waals surface area contributed by atoms with Crippen molar-refractivity contribution >= 4 is 27.3 Å². The van der Waals surface area contributed by atoms with Gasteiger partial charge in [0.15, 0.2) is 0 Å². The van der Waals surface area contributed by atoms with Gasteiger partial charge in [-0.3, -0.25) is 9.52 Å². The molecule has 140 valence electrons. The molecule has 1 amide bonds. The molecule has 0 heterocycles. The molecule has 0 fully saturated rings. The fourth-order valence-corrected chi connectivity index (χ4v) is 3.63. The maximum atomic E-state index is 12.5. The second-order valence-electron chi connectivity index (χ2n) is 6.15. The van der Waals surface area contributed by atoms with E-state index in [9.17, 15) is 13.2 Å². The van der Waals surface area contributed by atoms with E-state index in [1.807, 2.05) is 31.2 Å². The molecule has 0 saturated heterocycles. The third kappa shape index (κ3) is 4.55. The third-order valence-corrected chi connectivity index (χ3v) is 5.34. The lowest BCUT2D eigenvalue weighted by molar-refractivity contribution is 0.102. The van der Waals surface area contributed by atoms with Crippen molar-refractivity contribution in [2.75, 3.05) is 10.0 Å². The summed E-state index contributed by atoms with van der Waals surface area (Å²) in [7, 11) is -3.84. The van der Waals surface area contributed by atoms with Crippen molar-refractivity contribution in [1.82, 2.24) is 0 Å². The number of anilines is 2. The topological polar surface area (TPSA) is 99.1 Å². The number of rotatable bonds is 5. The Balaban J connectivity index is 1.75. The van der Waals surface area contributed by atoms with Crippen molar-refractivity contribution in [3.05, 3.63) is 89.5 Å². The number of carbonyl (C=O) groups is 1. The number of carbonyl (C=O) groups excluding carboxylic acids is 1. The number of hydrogen-bond donors (Lipinski definition) is 2. The molecule has 3 rings (SSSR count). The molecule has 28 heavy (non-hydrogen) atoms. The van der Waals surface area contributed by atoms with Gasteiger partial charge in [0.1, 0.15) is 0 Å². The Morgan fingerprint density at radius 1 is 0.929 bits per heavy atom. The monoisotopic (exact) mass is 391 g/mol. The van der Waals surface area contributed by atoms with Crippen LogP contribution in [0.5, 0.6) is 0 Å². The molecule has 3 aromatic carbocycles. The Morgan fingerprint density at radius 2 is 1.61 bits per heavy atom. The van der Waals surface area contributed by atoms with Gasteiger partial charge >= 0.3 is 0 Å². The SMILES string of the molecule is Cc1cccc(NC(=O)c2ccc(S(=O)(=O)Nc3cccc(C#N)c3)cc2)c1. The number of nitrogens with zero attached hydrogens (tertiary/aromatic N) is 1. The zero-order chi connectivity index (χ0) is 20.1. The molecule has 3 aromatic rings.